The van der Waals surface area contributed by atoms with Gasteiger partial charge in [0.1, 0.15) is 17.2 Å². The molecule has 2 rings (SSSR count). The van der Waals surface area contributed by atoms with Crippen molar-refractivity contribution in [3.63, 3.8) is 0 Å². The van der Waals surface area contributed by atoms with Gasteiger partial charge >= 0.3 is 5.97 Å². The molecule has 4 nitrogen and oxygen atoms in total. The summed E-state index contributed by atoms with van der Waals surface area (Å²) in [4.78, 5) is 15.3. The highest BCUT2D eigenvalue weighted by Gasteiger charge is 2.22. The van der Waals surface area contributed by atoms with E-state index < -0.39 is 0 Å². The van der Waals surface area contributed by atoms with Gasteiger partial charge in [-0.1, -0.05) is 5.16 Å². The number of rotatable bonds is 1. The van der Waals surface area contributed by atoms with Gasteiger partial charge in [-0.3, -0.25) is 0 Å². The van der Waals surface area contributed by atoms with E-state index in [0.29, 0.717) is 5.71 Å². The van der Waals surface area contributed by atoms with Crippen LogP contribution in [0.5, 0.6) is 0 Å². The van der Waals surface area contributed by atoms with Crippen molar-refractivity contribution in [3.8, 4) is 0 Å². The molecule has 1 aromatic rings. The second-order valence-corrected chi connectivity index (χ2v) is 3.00. The minimum Gasteiger partial charge on any atom is -0.466 e. The van der Waals surface area contributed by atoms with Gasteiger partial charge in [-0.05, 0) is 19.9 Å². The highest BCUT2D eigenvalue weighted by molar-refractivity contribution is 6.12. The van der Waals surface area contributed by atoms with Crippen molar-refractivity contribution in [1.82, 2.24) is 0 Å². The Hall–Kier alpha value is -1.58. The minimum atomic E-state index is -0.312. The lowest BCUT2D eigenvalue weighted by Gasteiger charge is -1.90. The second-order valence-electron chi connectivity index (χ2n) is 3.00. The Balaban J connectivity index is 2.36. The lowest BCUT2D eigenvalue weighted by molar-refractivity contribution is -0.140. The molecule has 13 heavy (non-hydrogen) atoms. The van der Waals surface area contributed by atoms with Gasteiger partial charge in [-0.25, -0.2) is 4.79 Å². The molecule has 0 atom stereocenters. The molecular weight excluding hydrogens is 170 g/mol. The molecule has 0 N–H and O–H groups in total. The Bertz CT molecular complexity index is 390. The van der Waals surface area contributed by atoms with Crippen molar-refractivity contribution >= 4 is 11.7 Å². The van der Waals surface area contributed by atoms with Crippen LogP contribution in [0.4, 0.5) is 0 Å². The van der Waals surface area contributed by atoms with Gasteiger partial charge in [0.15, 0.2) is 0 Å². The van der Waals surface area contributed by atoms with Crippen molar-refractivity contribution < 1.29 is 14.0 Å². The van der Waals surface area contributed by atoms with Crippen LogP contribution < -0.4 is 0 Å². The van der Waals surface area contributed by atoms with E-state index >= 15 is 0 Å². The van der Waals surface area contributed by atoms with Crippen molar-refractivity contribution in [2.45, 2.75) is 20.3 Å². The van der Waals surface area contributed by atoms with Crippen LogP contribution in [-0.2, 0) is 9.63 Å². The molecule has 0 saturated carbocycles. The molecule has 1 aliphatic rings. The van der Waals surface area contributed by atoms with Crippen LogP contribution in [-0.4, -0.2) is 11.7 Å². The fraction of sp³-hybridized carbons (Fsp3) is 0.333. The summed E-state index contributed by atoms with van der Waals surface area (Å²) in [6.07, 6.45) is 0.236. The van der Waals surface area contributed by atoms with Crippen LogP contribution in [0.1, 0.15) is 23.5 Å². The SMILES string of the molecule is Cc1cc(C2=NOC(=O)C2)c(C)o1. The Morgan fingerprint density at radius 2 is 2.23 bits per heavy atom. The molecule has 1 aliphatic heterocycles. The van der Waals surface area contributed by atoms with Gasteiger partial charge in [0.2, 0.25) is 0 Å². The Kier molecular flexibility index (Phi) is 1.69. The van der Waals surface area contributed by atoms with E-state index in [0.717, 1.165) is 17.1 Å². The summed E-state index contributed by atoms with van der Waals surface area (Å²) in [6.45, 7) is 3.70. The molecule has 0 radical (unpaired) electrons. The van der Waals surface area contributed by atoms with Gasteiger partial charge in [0, 0.05) is 5.56 Å². The van der Waals surface area contributed by atoms with Gasteiger partial charge < -0.3 is 9.25 Å². The summed E-state index contributed by atoms with van der Waals surface area (Å²) in [5, 5.41) is 3.67. The summed E-state index contributed by atoms with van der Waals surface area (Å²) in [5.41, 5.74) is 1.52. The highest BCUT2D eigenvalue weighted by atomic mass is 16.7. The third kappa shape index (κ3) is 1.35. The molecule has 0 fully saturated rings. The van der Waals surface area contributed by atoms with Crippen LogP contribution in [0.15, 0.2) is 15.6 Å². The Morgan fingerprint density at radius 1 is 1.46 bits per heavy atom. The minimum absolute atomic E-state index is 0.236. The fourth-order valence-electron chi connectivity index (χ4n) is 1.37. The molecule has 4 heteroatoms. The zero-order valence-electron chi connectivity index (χ0n) is 7.46. The topological polar surface area (TPSA) is 51.8 Å². The molecule has 0 aliphatic carbocycles. The predicted octanol–water partition coefficient (Wildman–Crippen LogP) is 1.55. The smallest absolute Gasteiger partial charge is 0.341 e. The molecule has 0 amide bonds. The zero-order chi connectivity index (χ0) is 9.42. The zero-order valence-corrected chi connectivity index (χ0v) is 7.46. The third-order valence-corrected chi connectivity index (χ3v) is 1.92. The lowest BCUT2D eigenvalue weighted by atomic mass is 10.1. The van der Waals surface area contributed by atoms with E-state index in [-0.39, 0.29) is 12.4 Å². The average molecular weight is 179 g/mol. The summed E-state index contributed by atoms with van der Waals surface area (Å²) in [6, 6.07) is 1.86. The maximum Gasteiger partial charge on any atom is 0.341 e. The van der Waals surface area contributed by atoms with Crippen molar-refractivity contribution in [2.24, 2.45) is 5.16 Å². The monoisotopic (exact) mass is 179 g/mol. The van der Waals surface area contributed by atoms with Gasteiger partial charge in [-0.15, -0.1) is 0 Å². The first-order chi connectivity index (χ1) is 6.16. The maximum absolute atomic E-state index is 10.8. The van der Waals surface area contributed by atoms with Crippen LogP contribution in [0.25, 0.3) is 0 Å². The molecule has 0 spiro atoms. The van der Waals surface area contributed by atoms with Gasteiger partial charge in [0.05, 0.1) is 6.42 Å². The van der Waals surface area contributed by atoms with Crippen LogP contribution in [0, 0.1) is 13.8 Å². The molecule has 68 valence electrons. The molecule has 1 aromatic heterocycles. The Labute approximate surface area is 75.2 Å². The van der Waals surface area contributed by atoms with Crippen LogP contribution >= 0.6 is 0 Å². The number of aryl methyl sites for hydroxylation is 2. The van der Waals surface area contributed by atoms with Gasteiger partial charge in [0.25, 0.3) is 0 Å². The molecular formula is C9H9NO3. The van der Waals surface area contributed by atoms with Crippen molar-refractivity contribution in [3.05, 3.63) is 23.2 Å². The number of carbonyl (C=O) groups excluding carboxylic acids is 1. The van der Waals surface area contributed by atoms with E-state index in [4.69, 9.17) is 4.42 Å². The first kappa shape index (κ1) is 8.04. The number of carbonyl (C=O) groups is 1. The molecule has 0 saturated heterocycles. The standard InChI is InChI=1S/C9H9NO3/c1-5-3-7(6(2)12-5)8-4-9(11)13-10-8/h3H,4H2,1-2H3. The molecule has 2 heterocycles. The lowest BCUT2D eigenvalue weighted by Crippen LogP contribution is -2.00. The normalized spacial score (nSPS) is 15.8. The first-order valence-corrected chi connectivity index (χ1v) is 4.01. The number of oxime groups is 1. The quantitative estimate of drug-likeness (QED) is 0.614. The third-order valence-electron chi connectivity index (χ3n) is 1.92. The molecule has 0 bridgehead atoms. The fourth-order valence-corrected chi connectivity index (χ4v) is 1.37. The molecule has 0 unspecified atom stereocenters. The first-order valence-electron chi connectivity index (χ1n) is 4.01. The van der Waals surface area contributed by atoms with E-state index in [1.54, 1.807) is 0 Å². The number of nitrogens with zero attached hydrogens (tertiary/aromatic N) is 1. The molecule has 0 aromatic carbocycles. The van der Waals surface area contributed by atoms with E-state index in [1.165, 1.54) is 0 Å². The number of hydrogen-bond acceptors (Lipinski definition) is 4. The number of furan rings is 1. The second kappa shape index (κ2) is 2.73. The largest absolute Gasteiger partial charge is 0.466 e. The summed E-state index contributed by atoms with van der Waals surface area (Å²) >= 11 is 0. The van der Waals surface area contributed by atoms with E-state index in [1.807, 2.05) is 19.9 Å². The van der Waals surface area contributed by atoms with Crippen LogP contribution in [0.3, 0.4) is 0 Å². The Morgan fingerprint density at radius 3 is 2.69 bits per heavy atom. The highest BCUT2D eigenvalue weighted by Crippen LogP contribution is 2.19. The van der Waals surface area contributed by atoms with Crippen LogP contribution in [0.2, 0.25) is 0 Å². The average Bonchev–Trinajstić information content (AvgIpc) is 2.58. The number of hydrogen-bond donors (Lipinski definition) is 0. The summed E-state index contributed by atoms with van der Waals surface area (Å²) in [7, 11) is 0. The maximum atomic E-state index is 10.8. The summed E-state index contributed by atoms with van der Waals surface area (Å²) in [5.74, 6) is 1.28. The van der Waals surface area contributed by atoms with Gasteiger partial charge in [-0.2, -0.15) is 0 Å². The van der Waals surface area contributed by atoms with Crippen molar-refractivity contribution in [1.29, 1.82) is 0 Å². The van der Waals surface area contributed by atoms with E-state index in [2.05, 4.69) is 9.99 Å². The predicted molar refractivity (Wildman–Crippen MR) is 45.4 cm³/mol. The summed E-state index contributed by atoms with van der Waals surface area (Å²) < 4.78 is 5.31. The van der Waals surface area contributed by atoms with Crippen molar-refractivity contribution in [2.75, 3.05) is 0 Å². The van der Waals surface area contributed by atoms with E-state index in [9.17, 15) is 4.79 Å².